The van der Waals surface area contributed by atoms with Crippen LogP contribution in [0.4, 0.5) is 5.69 Å². The van der Waals surface area contributed by atoms with Crippen LogP contribution >= 0.6 is 0 Å². The average molecular weight is 201 g/mol. The fourth-order valence-corrected chi connectivity index (χ4v) is 1.54. The number of hydrogen-bond acceptors (Lipinski definition) is 4. The van der Waals surface area contributed by atoms with Crippen molar-refractivity contribution in [1.29, 1.82) is 0 Å². The molecule has 1 rings (SSSR count). The Bertz CT molecular complexity index is 369. The molecular formula is C8H11NO3S. The zero-order valence-electron chi connectivity index (χ0n) is 7.19. The van der Waals surface area contributed by atoms with Crippen LogP contribution in [0.1, 0.15) is 0 Å². The number of aliphatic hydroxyl groups excluding tert-OH is 1. The predicted octanol–water partition coefficient (Wildman–Crippen LogP) is 0.452. The largest absolute Gasteiger partial charge is 0.377 e. The third-order valence-electron chi connectivity index (χ3n) is 1.57. The highest BCUT2D eigenvalue weighted by molar-refractivity contribution is 7.90. The van der Waals surface area contributed by atoms with Gasteiger partial charge in [-0.1, -0.05) is 0 Å². The molecule has 5 heteroatoms. The first-order valence-corrected chi connectivity index (χ1v) is 5.58. The zero-order chi connectivity index (χ0) is 9.90. The summed E-state index contributed by atoms with van der Waals surface area (Å²) in [5, 5.41) is 11.2. The topological polar surface area (TPSA) is 66.4 Å². The van der Waals surface area contributed by atoms with Crippen molar-refractivity contribution in [1.82, 2.24) is 0 Å². The van der Waals surface area contributed by atoms with Gasteiger partial charge in [-0.15, -0.1) is 0 Å². The molecule has 0 aliphatic heterocycles. The van der Waals surface area contributed by atoms with E-state index in [9.17, 15) is 8.42 Å². The standard InChI is InChI=1S/C8H11NO3S/c1-13(11,12)8-4-2-7(3-5-8)9-6-10/h2-5,9-10H,6H2,1H3. The number of rotatable bonds is 3. The normalized spacial score (nSPS) is 11.2. The second kappa shape index (κ2) is 3.76. The van der Waals surface area contributed by atoms with Crippen molar-refractivity contribution < 1.29 is 13.5 Å². The number of benzene rings is 1. The molecule has 2 N–H and O–H groups in total. The fourth-order valence-electron chi connectivity index (χ4n) is 0.911. The van der Waals surface area contributed by atoms with E-state index < -0.39 is 9.84 Å². The lowest BCUT2D eigenvalue weighted by atomic mass is 10.3. The summed E-state index contributed by atoms with van der Waals surface area (Å²) < 4.78 is 22.1. The van der Waals surface area contributed by atoms with Crippen LogP contribution in [-0.4, -0.2) is 26.5 Å². The monoisotopic (exact) mass is 201 g/mol. The Morgan fingerprint density at radius 3 is 2.23 bits per heavy atom. The molecule has 0 bridgehead atoms. The van der Waals surface area contributed by atoms with E-state index in [0.29, 0.717) is 5.69 Å². The molecule has 0 saturated carbocycles. The SMILES string of the molecule is CS(=O)(=O)c1ccc(NCO)cc1. The molecule has 0 aliphatic carbocycles. The van der Waals surface area contributed by atoms with Gasteiger partial charge in [0.2, 0.25) is 0 Å². The first-order valence-electron chi connectivity index (χ1n) is 3.69. The molecule has 0 heterocycles. The van der Waals surface area contributed by atoms with E-state index in [0.717, 1.165) is 6.26 Å². The van der Waals surface area contributed by atoms with Gasteiger partial charge in [0.15, 0.2) is 9.84 Å². The van der Waals surface area contributed by atoms with Crippen LogP contribution in [-0.2, 0) is 9.84 Å². The van der Waals surface area contributed by atoms with Crippen LogP contribution in [0.15, 0.2) is 29.2 Å². The van der Waals surface area contributed by atoms with E-state index in [1.165, 1.54) is 12.1 Å². The third kappa shape index (κ3) is 2.71. The molecule has 0 radical (unpaired) electrons. The number of sulfone groups is 1. The van der Waals surface area contributed by atoms with Crippen LogP contribution in [0.2, 0.25) is 0 Å². The summed E-state index contributed by atoms with van der Waals surface area (Å²) in [6, 6.07) is 6.19. The Labute approximate surface area is 77.1 Å². The molecule has 0 amide bonds. The van der Waals surface area contributed by atoms with E-state index in [2.05, 4.69) is 5.32 Å². The minimum atomic E-state index is -3.12. The highest BCUT2D eigenvalue weighted by Crippen LogP contribution is 2.13. The summed E-state index contributed by atoms with van der Waals surface area (Å²) >= 11 is 0. The number of aliphatic hydroxyl groups is 1. The van der Waals surface area contributed by atoms with Crippen LogP contribution in [0.5, 0.6) is 0 Å². The highest BCUT2D eigenvalue weighted by Gasteiger charge is 2.05. The molecule has 0 atom stereocenters. The van der Waals surface area contributed by atoms with Gasteiger partial charge in [0, 0.05) is 11.9 Å². The molecule has 72 valence electrons. The smallest absolute Gasteiger partial charge is 0.175 e. The van der Waals surface area contributed by atoms with Crippen LogP contribution < -0.4 is 5.32 Å². The van der Waals surface area contributed by atoms with Crippen molar-refractivity contribution in [2.75, 3.05) is 18.3 Å². The van der Waals surface area contributed by atoms with Crippen molar-refractivity contribution in [3.8, 4) is 0 Å². The van der Waals surface area contributed by atoms with Gasteiger partial charge in [-0.05, 0) is 24.3 Å². The lowest BCUT2D eigenvalue weighted by molar-refractivity contribution is 0.325. The van der Waals surface area contributed by atoms with E-state index in [1.807, 2.05) is 0 Å². The van der Waals surface area contributed by atoms with Gasteiger partial charge >= 0.3 is 0 Å². The van der Waals surface area contributed by atoms with E-state index in [1.54, 1.807) is 12.1 Å². The number of nitrogens with one attached hydrogen (secondary N) is 1. The average Bonchev–Trinajstić information content (AvgIpc) is 2.04. The summed E-state index contributed by atoms with van der Waals surface area (Å²) in [7, 11) is -3.12. The molecule has 13 heavy (non-hydrogen) atoms. The van der Waals surface area contributed by atoms with Gasteiger partial charge in [0.25, 0.3) is 0 Å². The molecule has 1 aromatic carbocycles. The van der Waals surface area contributed by atoms with E-state index >= 15 is 0 Å². The minimum Gasteiger partial charge on any atom is -0.377 e. The van der Waals surface area contributed by atoms with E-state index in [-0.39, 0.29) is 11.6 Å². The Morgan fingerprint density at radius 2 is 1.85 bits per heavy atom. The quantitative estimate of drug-likeness (QED) is 0.697. The second-order valence-corrected chi connectivity index (χ2v) is 4.65. The molecule has 0 spiro atoms. The fraction of sp³-hybridized carbons (Fsp3) is 0.250. The van der Waals surface area contributed by atoms with Gasteiger partial charge in [0.05, 0.1) is 4.90 Å². The molecular weight excluding hydrogens is 190 g/mol. The zero-order valence-corrected chi connectivity index (χ0v) is 8.00. The van der Waals surface area contributed by atoms with Crippen LogP contribution in [0, 0.1) is 0 Å². The molecule has 0 saturated heterocycles. The minimum absolute atomic E-state index is 0.168. The van der Waals surface area contributed by atoms with Crippen molar-refractivity contribution in [2.45, 2.75) is 4.90 Å². The summed E-state index contributed by atoms with van der Waals surface area (Å²) in [6.45, 7) is -0.168. The molecule has 0 aromatic heterocycles. The maximum atomic E-state index is 11.0. The number of anilines is 1. The molecule has 0 aliphatic rings. The predicted molar refractivity (Wildman–Crippen MR) is 50.3 cm³/mol. The molecule has 0 fully saturated rings. The third-order valence-corrected chi connectivity index (χ3v) is 2.69. The number of hydrogen-bond donors (Lipinski definition) is 2. The highest BCUT2D eigenvalue weighted by atomic mass is 32.2. The summed E-state index contributed by atoms with van der Waals surface area (Å²) in [5.74, 6) is 0. The van der Waals surface area contributed by atoms with Gasteiger partial charge in [-0.25, -0.2) is 8.42 Å². The maximum Gasteiger partial charge on any atom is 0.175 e. The lowest BCUT2D eigenvalue weighted by Crippen LogP contribution is -2.00. The molecule has 1 aromatic rings. The van der Waals surface area contributed by atoms with E-state index in [4.69, 9.17) is 5.11 Å². The summed E-state index contributed by atoms with van der Waals surface area (Å²) in [6.07, 6.45) is 1.15. The Hall–Kier alpha value is -1.07. The summed E-state index contributed by atoms with van der Waals surface area (Å²) in [5.41, 5.74) is 0.690. The van der Waals surface area contributed by atoms with Gasteiger partial charge in [-0.2, -0.15) is 0 Å². The van der Waals surface area contributed by atoms with Gasteiger partial charge in [0.1, 0.15) is 6.73 Å². The van der Waals surface area contributed by atoms with Crippen LogP contribution in [0.25, 0.3) is 0 Å². The lowest BCUT2D eigenvalue weighted by Gasteiger charge is -2.02. The maximum absolute atomic E-state index is 11.0. The van der Waals surface area contributed by atoms with Gasteiger partial charge < -0.3 is 10.4 Å². The van der Waals surface area contributed by atoms with Crippen molar-refractivity contribution in [2.24, 2.45) is 0 Å². The Balaban J connectivity index is 2.94. The van der Waals surface area contributed by atoms with Gasteiger partial charge in [-0.3, -0.25) is 0 Å². The Morgan fingerprint density at radius 1 is 1.31 bits per heavy atom. The first kappa shape index (κ1) is 10.0. The van der Waals surface area contributed by atoms with Crippen molar-refractivity contribution >= 4 is 15.5 Å². The Kier molecular flexibility index (Phi) is 2.90. The first-order chi connectivity index (χ1) is 6.04. The van der Waals surface area contributed by atoms with Crippen molar-refractivity contribution in [3.05, 3.63) is 24.3 Å². The summed E-state index contributed by atoms with van der Waals surface area (Å²) in [4.78, 5) is 0.274. The molecule has 0 unspecified atom stereocenters. The van der Waals surface area contributed by atoms with Crippen molar-refractivity contribution in [3.63, 3.8) is 0 Å². The second-order valence-electron chi connectivity index (χ2n) is 2.63. The van der Waals surface area contributed by atoms with Crippen LogP contribution in [0.3, 0.4) is 0 Å². The molecule has 4 nitrogen and oxygen atoms in total.